The molecule has 0 aliphatic rings. The van der Waals surface area contributed by atoms with E-state index in [9.17, 15) is 15.0 Å². The van der Waals surface area contributed by atoms with Crippen LogP contribution in [0.3, 0.4) is 0 Å². The molecule has 1 unspecified atom stereocenters. The van der Waals surface area contributed by atoms with E-state index in [-0.39, 0.29) is 6.42 Å². The summed E-state index contributed by atoms with van der Waals surface area (Å²) in [7, 11) is 0. The Labute approximate surface area is 161 Å². The molecule has 0 saturated carbocycles. The lowest BCUT2D eigenvalue weighted by molar-refractivity contribution is -0.930. The van der Waals surface area contributed by atoms with Crippen LogP contribution >= 0.6 is 0 Å². The number of hydrogen-bond donors (Lipinski definition) is 1. The number of aliphatic carboxylic acids is 1. The van der Waals surface area contributed by atoms with E-state index in [1.54, 1.807) is 0 Å². The van der Waals surface area contributed by atoms with Gasteiger partial charge in [0.1, 0.15) is 12.6 Å². The highest BCUT2D eigenvalue weighted by molar-refractivity contribution is 5.64. The van der Waals surface area contributed by atoms with Crippen molar-refractivity contribution in [2.45, 2.75) is 97.5 Å². The number of hydrogen-bond acceptors (Lipinski definition) is 3. The Balaban J connectivity index is 4.97. The van der Waals surface area contributed by atoms with E-state index in [0.29, 0.717) is 13.0 Å². The molecule has 0 aliphatic heterocycles. The van der Waals surface area contributed by atoms with E-state index in [0.717, 1.165) is 56.2 Å². The van der Waals surface area contributed by atoms with Gasteiger partial charge in [-0.15, -0.1) is 0 Å². The van der Waals surface area contributed by atoms with E-state index in [1.165, 1.54) is 25.7 Å². The smallest absolute Gasteiger partial charge is 0.121 e. The summed E-state index contributed by atoms with van der Waals surface area (Å²) >= 11 is 0. The first-order valence-electron chi connectivity index (χ1n) is 10.9. The molecule has 0 spiro atoms. The molecule has 0 radical (unpaired) electrons. The number of carbonyl (C=O) groups is 1. The van der Waals surface area contributed by atoms with Crippen molar-refractivity contribution in [2.75, 3.05) is 26.2 Å². The number of quaternary nitrogens is 1. The van der Waals surface area contributed by atoms with Crippen LogP contribution in [0.15, 0.2) is 12.2 Å². The van der Waals surface area contributed by atoms with Crippen molar-refractivity contribution in [3.05, 3.63) is 12.2 Å². The minimum absolute atomic E-state index is 0.115. The third-order valence-electron chi connectivity index (χ3n) is 5.14. The zero-order chi connectivity index (χ0) is 19.7. The quantitative estimate of drug-likeness (QED) is 0.227. The third-order valence-corrected chi connectivity index (χ3v) is 5.14. The standard InChI is InChI=1S/C22H43NO3/c1-4-7-10-11-15-21(24)20-23(17-12-8-5-2,18-13-9-6-3)19-14-16-22(25)26/h11,15,21,24H,4-10,12-14,16-20H2,1-3H3/b15-11+. The Hall–Kier alpha value is -0.870. The van der Waals surface area contributed by atoms with Gasteiger partial charge in [-0.3, -0.25) is 0 Å². The molecule has 4 nitrogen and oxygen atoms in total. The molecule has 0 rings (SSSR count). The monoisotopic (exact) mass is 369 g/mol. The van der Waals surface area contributed by atoms with Crippen molar-refractivity contribution < 1.29 is 19.5 Å². The van der Waals surface area contributed by atoms with Crippen molar-refractivity contribution >= 4 is 5.97 Å². The van der Waals surface area contributed by atoms with Crippen molar-refractivity contribution in [3.63, 3.8) is 0 Å². The molecule has 0 bridgehead atoms. The summed E-state index contributed by atoms with van der Waals surface area (Å²) in [6.45, 7) is 10.2. The average molecular weight is 370 g/mol. The van der Waals surface area contributed by atoms with Crippen LogP contribution in [-0.2, 0) is 4.79 Å². The average Bonchev–Trinajstić information content (AvgIpc) is 2.59. The Morgan fingerprint density at radius 3 is 1.96 bits per heavy atom. The number of unbranched alkanes of at least 4 members (excludes halogenated alkanes) is 6. The van der Waals surface area contributed by atoms with Gasteiger partial charge in [-0.05, 0) is 38.5 Å². The largest absolute Gasteiger partial charge is 0.550 e. The Kier molecular flexibility index (Phi) is 15.8. The predicted molar refractivity (Wildman–Crippen MR) is 108 cm³/mol. The summed E-state index contributed by atoms with van der Waals surface area (Å²) in [4.78, 5) is 10.9. The molecule has 0 aromatic carbocycles. The second kappa shape index (κ2) is 16.3. The predicted octanol–water partition coefficient (Wildman–Crippen LogP) is 3.82. The first-order valence-corrected chi connectivity index (χ1v) is 10.9. The number of aliphatic hydroxyl groups is 1. The summed E-state index contributed by atoms with van der Waals surface area (Å²) in [6.07, 6.45) is 14.7. The van der Waals surface area contributed by atoms with Crippen LogP contribution in [0.2, 0.25) is 0 Å². The number of carbonyl (C=O) groups excluding carboxylic acids is 1. The first kappa shape index (κ1) is 25.1. The zero-order valence-electron chi connectivity index (χ0n) is 17.5. The topological polar surface area (TPSA) is 60.4 Å². The molecule has 0 fully saturated rings. The van der Waals surface area contributed by atoms with E-state index < -0.39 is 12.1 Å². The normalized spacial score (nSPS) is 13.4. The van der Waals surface area contributed by atoms with Gasteiger partial charge in [0.05, 0.1) is 19.6 Å². The zero-order valence-corrected chi connectivity index (χ0v) is 17.5. The molecule has 1 N–H and O–H groups in total. The maximum Gasteiger partial charge on any atom is 0.121 e. The number of rotatable bonds is 18. The van der Waals surface area contributed by atoms with E-state index in [2.05, 4.69) is 26.8 Å². The van der Waals surface area contributed by atoms with Gasteiger partial charge in [0.2, 0.25) is 0 Å². The van der Waals surface area contributed by atoms with Crippen molar-refractivity contribution in [3.8, 4) is 0 Å². The molecule has 26 heavy (non-hydrogen) atoms. The maximum absolute atomic E-state index is 10.9. The van der Waals surface area contributed by atoms with Gasteiger partial charge >= 0.3 is 0 Å². The molecular formula is C22H43NO3. The van der Waals surface area contributed by atoms with E-state index >= 15 is 0 Å². The first-order chi connectivity index (χ1) is 12.5. The van der Waals surface area contributed by atoms with Crippen molar-refractivity contribution in [1.29, 1.82) is 0 Å². The second-order valence-corrected chi connectivity index (χ2v) is 7.72. The highest BCUT2D eigenvalue weighted by Crippen LogP contribution is 2.17. The fourth-order valence-corrected chi connectivity index (χ4v) is 3.60. The summed E-state index contributed by atoms with van der Waals surface area (Å²) in [5.41, 5.74) is 0. The Morgan fingerprint density at radius 2 is 1.46 bits per heavy atom. The highest BCUT2D eigenvalue weighted by Gasteiger charge is 2.28. The van der Waals surface area contributed by atoms with E-state index in [1.807, 2.05) is 6.08 Å². The summed E-state index contributed by atoms with van der Waals surface area (Å²) in [5, 5.41) is 21.4. The van der Waals surface area contributed by atoms with Crippen LogP contribution in [0.1, 0.15) is 91.4 Å². The Bertz CT molecular complexity index is 358. The fraction of sp³-hybridized carbons (Fsp3) is 0.864. The van der Waals surface area contributed by atoms with Gasteiger partial charge in [0.15, 0.2) is 0 Å². The van der Waals surface area contributed by atoms with Crippen LogP contribution in [0.4, 0.5) is 0 Å². The molecule has 154 valence electrons. The molecule has 4 heteroatoms. The number of carboxylic acid groups (broad SMARTS) is 1. The van der Waals surface area contributed by atoms with Crippen LogP contribution in [-0.4, -0.2) is 47.8 Å². The highest BCUT2D eigenvalue weighted by atomic mass is 16.4. The molecule has 0 aromatic rings. The Morgan fingerprint density at radius 1 is 0.923 bits per heavy atom. The van der Waals surface area contributed by atoms with Crippen LogP contribution in [0, 0.1) is 0 Å². The lowest BCUT2D eigenvalue weighted by Gasteiger charge is -2.40. The lowest BCUT2D eigenvalue weighted by atomic mass is 10.1. The molecular weight excluding hydrogens is 326 g/mol. The molecule has 0 aromatic heterocycles. The van der Waals surface area contributed by atoms with Gasteiger partial charge in [0, 0.05) is 12.4 Å². The molecule has 0 aliphatic carbocycles. The van der Waals surface area contributed by atoms with E-state index in [4.69, 9.17) is 0 Å². The second-order valence-electron chi connectivity index (χ2n) is 7.72. The lowest BCUT2D eigenvalue weighted by Crippen LogP contribution is -2.54. The molecule has 0 saturated heterocycles. The van der Waals surface area contributed by atoms with Crippen molar-refractivity contribution in [2.24, 2.45) is 0 Å². The van der Waals surface area contributed by atoms with Gasteiger partial charge in [-0.25, -0.2) is 0 Å². The number of aliphatic hydroxyl groups excluding tert-OH is 1. The third kappa shape index (κ3) is 13.3. The molecule has 0 heterocycles. The van der Waals surface area contributed by atoms with Gasteiger partial charge in [-0.1, -0.05) is 58.6 Å². The molecule has 0 amide bonds. The van der Waals surface area contributed by atoms with Gasteiger partial charge in [0.25, 0.3) is 0 Å². The number of carboxylic acids is 1. The summed E-state index contributed by atoms with van der Waals surface area (Å²) < 4.78 is 0.840. The van der Waals surface area contributed by atoms with Crippen LogP contribution < -0.4 is 5.11 Å². The minimum atomic E-state index is -0.967. The maximum atomic E-state index is 10.9. The summed E-state index contributed by atoms with van der Waals surface area (Å²) in [5.74, 6) is -0.967. The summed E-state index contributed by atoms with van der Waals surface area (Å²) in [6, 6.07) is 0. The SMILES string of the molecule is CCCC/C=C/C(O)C[N+](CCCCC)(CCCCC)CCCC(=O)[O-]. The molecule has 1 atom stereocenters. The minimum Gasteiger partial charge on any atom is -0.550 e. The van der Waals surface area contributed by atoms with Crippen LogP contribution in [0.5, 0.6) is 0 Å². The van der Waals surface area contributed by atoms with Gasteiger partial charge < -0.3 is 19.5 Å². The fourth-order valence-electron chi connectivity index (χ4n) is 3.60. The van der Waals surface area contributed by atoms with Gasteiger partial charge in [-0.2, -0.15) is 0 Å². The van der Waals surface area contributed by atoms with Crippen molar-refractivity contribution in [1.82, 2.24) is 0 Å². The van der Waals surface area contributed by atoms with Crippen LogP contribution in [0.25, 0.3) is 0 Å². The number of nitrogens with zero attached hydrogens (tertiary/aromatic N) is 1. The number of allylic oxidation sites excluding steroid dienone is 1.